The number of aliphatic hydroxyl groups excluding tert-OH is 1. The Morgan fingerprint density at radius 3 is 2.83 bits per heavy atom. The number of aromatic hydroxyl groups is 1. The third-order valence-electron chi connectivity index (χ3n) is 3.05. The molecule has 2 aliphatic heterocycles. The van der Waals surface area contributed by atoms with E-state index in [1.54, 1.807) is 12.2 Å². The van der Waals surface area contributed by atoms with Gasteiger partial charge in [-0.15, -0.1) is 0 Å². The van der Waals surface area contributed by atoms with E-state index >= 15 is 0 Å². The van der Waals surface area contributed by atoms with Gasteiger partial charge in [-0.25, -0.2) is 4.79 Å². The summed E-state index contributed by atoms with van der Waals surface area (Å²) in [5.41, 5.74) is 0.179. The number of fused-ring (bicyclic) bond motifs is 2. The normalized spacial score (nSPS) is 23.1. The molecule has 5 heteroatoms. The second kappa shape index (κ2) is 3.26. The quantitative estimate of drug-likeness (QED) is 0.684. The zero-order valence-corrected chi connectivity index (χ0v) is 9.93. The van der Waals surface area contributed by atoms with Gasteiger partial charge in [-0.05, 0) is 32.1 Å². The molecule has 18 heavy (non-hydrogen) atoms. The van der Waals surface area contributed by atoms with E-state index in [4.69, 9.17) is 4.74 Å². The lowest BCUT2D eigenvalue weighted by Crippen LogP contribution is -2.27. The molecule has 0 bridgehead atoms. The minimum absolute atomic E-state index is 0.00852. The molecule has 0 unspecified atom stereocenters. The summed E-state index contributed by atoms with van der Waals surface area (Å²) in [5, 5.41) is 19.7. The zero-order valence-electron chi connectivity index (χ0n) is 9.93. The van der Waals surface area contributed by atoms with E-state index in [2.05, 4.69) is 4.74 Å². The Morgan fingerprint density at radius 1 is 1.39 bits per heavy atom. The van der Waals surface area contributed by atoms with E-state index in [9.17, 15) is 15.0 Å². The van der Waals surface area contributed by atoms with Gasteiger partial charge in [0.15, 0.2) is 0 Å². The summed E-state index contributed by atoms with van der Waals surface area (Å²) >= 11 is 0. The second-order valence-electron chi connectivity index (χ2n) is 4.90. The summed E-state index contributed by atoms with van der Waals surface area (Å²) in [6, 6.07) is 1.53. The highest BCUT2D eigenvalue weighted by Crippen LogP contribution is 2.44. The van der Waals surface area contributed by atoms with Gasteiger partial charge in [-0.3, -0.25) is 0 Å². The molecule has 1 aromatic carbocycles. The number of hydrogen-bond acceptors (Lipinski definition) is 5. The van der Waals surface area contributed by atoms with Crippen LogP contribution in [0.25, 0.3) is 6.08 Å². The first kappa shape index (κ1) is 11.1. The number of carbonyl (C=O) groups is 1. The van der Waals surface area contributed by atoms with Crippen LogP contribution < -0.4 is 4.74 Å². The van der Waals surface area contributed by atoms with Crippen LogP contribution >= 0.6 is 0 Å². The first-order valence-corrected chi connectivity index (χ1v) is 5.56. The molecule has 0 amide bonds. The SMILES string of the molecule is CC1(C)C=Cc2c(cc3c(c2O)C(=O)O[C@@H]3O)O1. The Morgan fingerprint density at radius 2 is 2.11 bits per heavy atom. The Kier molecular flexibility index (Phi) is 2.01. The van der Waals surface area contributed by atoms with E-state index in [1.165, 1.54) is 6.07 Å². The number of carbonyl (C=O) groups excluding carboxylic acids is 1. The van der Waals surface area contributed by atoms with Crippen LogP contribution in [0.15, 0.2) is 12.1 Å². The van der Waals surface area contributed by atoms with Crippen molar-refractivity contribution in [1.82, 2.24) is 0 Å². The lowest BCUT2D eigenvalue weighted by molar-refractivity contribution is -0.0549. The fourth-order valence-corrected chi connectivity index (χ4v) is 2.16. The number of phenolic OH excluding ortho intramolecular Hbond substituents is 1. The minimum Gasteiger partial charge on any atom is -0.506 e. The number of aliphatic hydroxyl groups is 1. The molecule has 0 saturated heterocycles. The van der Waals surface area contributed by atoms with Crippen LogP contribution in [0.3, 0.4) is 0 Å². The molecule has 0 radical (unpaired) electrons. The molecule has 3 rings (SSSR count). The fourth-order valence-electron chi connectivity index (χ4n) is 2.16. The molecule has 94 valence electrons. The van der Waals surface area contributed by atoms with E-state index in [0.717, 1.165) is 0 Å². The van der Waals surface area contributed by atoms with Crippen LogP contribution in [0.1, 0.15) is 41.6 Å². The van der Waals surface area contributed by atoms with Crippen LogP contribution in [0.4, 0.5) is 0 Å². The summed E-state index contributed by atoms with van der Waals surface area (Å²) in [4.78, 5) is 11.5. The average Bonchev–Trinajstić information content (AvgIpc) is 2.53. The van der Waals surface area contributed by atoms with Crippen molar-refractivity contribution < 1.29 is 24.5 Å². The molecule has 2 heterocycles. The molecular weight excluding hydrogens is 236 g/mol. The molecule has 5 nitrogen and oxygen atoms in total. The van der Waals surface area contributed by atoms with Crippen LogP contribution in [-0.4, -0.2) is 21.8 Å². The first-order chi connectivity index (χ1) is 8.39. The van der Waals surface area contributed by atoms with Crippen molar-refractivity contribution >= 4 is 12.0 Å². The van der Waals surface area contributed by atoms with Gasteiger partial charge in [-0.2, -0.15) is 0 Å². The van der Waals surface area contributed by atoms with Crippen molar-refractivity contribution in [3.8, 4) is 11.5 Å². The zero-order chi connectivity index (χ0) is 13.1. The lowest BCUT2D eigenvalue weighted by atomic mass is 9.97. The highest BCUT2D eigenvalue weighted by molar-refractivity contribution is 5.99. The van der Waals surface area contributed by atoms with Crippen molar-refractivity contribution in [2.45, 2.75) is 25.7 Å². The number of cyclic esters (lactones) is 1. The molecule has 0 fully saturated rings. The van der Waals surface area contributed by atoms with Crippen molar-refractivity contribution in [3.63, 3.8) is 0 Å². The van der Waals surface area contributed by atoms with Crippen molar-refractivity contribution in [1.29, 1.82) is 0 Å². The van der Waals surface area contributed by atoms with Gasteiger partial charge in [-0.1, -0.05) is 0 Å². The summed E-state index contributed by atoms with van der Waals surface area (Å²) in [6.07, 6.45) is 2.14. The fraction of sp³-hybridized carbons (Fsp3) is 0.308. The van der Waals surface area contributed by atoms with Crippen molar-refractivity contribution in [2.24, 2.45) is 0 Å². The number of benzene rings is 1. The number of esters is 1. The van der Waals surface area contributed by atoms with Gasteiger partial charge in [0.25, 0.3) is 0 Å². The van der Waals surface area contributed by atoms with Crippen LogP contribution in [0, 0.1) is 0 Å². The molecule has 1 aromatic rings. The Balaban J connectivity index is 2.24. The summed E-state index contributed by atoms with van der Waals surface area (Å²) in [7, 11) is 0. The summed E-state index contributed by atoms with van der Waals surface area (Å²) < 4.78 is 10.3. The van der Waals surface area contributed by atoms with E-state index in [1.807, 2.05) is 13.8 Å². The molecule has 2 N–H and O–H groups in total. The third-order valence-corrected chi connectivity index (χ3v) is 3.05. The van der Waals surface area contributed by atoms with E-state index < -0.39 is 17.9 Å². The highest BCUT2D eigenvalue weighted by atomic mass is 16.6. The van der Waals surface area contributed by atoms with Crippen LogP contribution in [0.2, 0.25) is 0 Å². The van der Waals surface area contributed by atoms with Crippen LogP contribution in [0.5, 0.6) is 11.5 Å². The molecule has 0 spiro atoms. The number of ether oxygens (including phenoxy) is 2. The first-order valence-electron chi connectivity index (χ1n) is 5.56. The van der Waals surface area contributed by atoms with Gasteiger partial charge in [0.1, 0.15) is 22.7 Å². The van der Waals surface area contributed by atoms with Gasteiger partial charge < -0.3 is 19.7 Å². The van der Waals surface area contributed by atoms with Crippen molar-refractivity contribution in [3.05, 3.63) is 28.8 Å². The second-order valence-corrected chi connectivity index (χ2v) is 4.90. The monoisotopic (exact) mass is 248 g/mol. The van der Waals surface area contributed by atoms with Gasteiger partial charge in [0.05, 0.1) is 5.56 Å². The largest absolute Gasteiger partial charge is 0.506 e. The summed E-state index contributed by atoms with van der Waals surface area (Å²) in [6.45, 7) is 3.74. The van der Waals surface area contributed by atoms with E-state index in [0.29, 0.717) is 11.3 Å². The maximum atomic E-state index is 11.5. The third kappa shape index (κ3) is 1.41. The number of phenols is 1. The van der Waals surface area contributed by atoms with E-state index in [-0.39, 0.29) is 16.9 Å². The topological polar surface area (TPSA) is 76.0 Å². The van der Waals surface area contributed by atoms with Gasteiger partial charge >= 0.3 is 5.97 Å². The predicted molar refractivity (Wildman–Crippen MR) is 62.2 cm³/mol. The highest BCUT2D eigenvalue weighted by Gasteiger charge is 2.36. The maximum Gasteiger partial charge on any atom is 0.345 e. The van der Waals surface area contributed by atoms with Crippen molar-refractivity contribution in [2.75, 3.05) is 0 Å². The molecule has 1 atom stereocenters. The molecule has 2 aliphatic rings. The smallest absolute Gasteiger partial charge is 0.345 e. The van der Waals surface area contributed by atoms with Gasteiger partial charge in [0.2, 0.25) is 6.29 Å². The van der Waals surface area contributed by atoms with Crippen LogP contribution in [-0.2, 0) is 4.74 Å². The van der Waals surface area contributed by atoms with Gasteiger partial charge in [0, 0.05) is 5.56 Å². The summed E-state index contributed by atoms with van der Waals surface area (Å²) in [5.74, 6) is -0.511. The molecular formula is C13H12O5. The molecule has 0 aromatic heterocycles. The maximum absolute atomic E-state index is 11.5. The Bertz CT molecular complexity index is 586. The lowest BCUT2D eigenvalue weighted by Gasteiger charge is -2.28. The molecule has 0 aliphatic carbocycles. The Labute approximate surface area is 103 Å². The average molecular weight is 248 g/mol. The number of hydrogen-bond donors (Lipinski definition) is 2. The standard InChI is InChI=1S/C13H12O5/c1-13(2)4-3-6-8(18-13)5-7-9(10(6)14)12(16)17-11(7)15/h3-5,11,14-15H,1-2H3/t11-/m0/s1. The predicted octanol–water partition coefficient (Wildman–Crippen LogP) is 1.74. The minimum atomic E-state index is -1.35. The molecule has 0 saturated carbocycles. The Hall–Kier alpha value is -2.01. The number of rotatable bonds is 0.